The third-order valence-corrected chi connectivity index (χ3v) is 2.74. The van der Waals surface area contributed by atoms with Crippen LogP contribution in [0.25, 0.3) is 0 Å². The molecule has 0 saturated carbocycles. The average Bonchev–Trinajstić information content (AvgIpc) is 2.72. The predicted molar refractivity (Wildman–Crippen MR) is 64.4 cm³/mol. The first-order chi connectivity index (χ1) is 8.15. The molecule has 90 valence electrons. The summed E-state index contributed by atoms with van der Waals surface area (Å²) in [6, 6.07) is 6.85. The molecule has 1 aliphatic heterocycles. The third kappa shape index (κ3) is 2.96. The Balaban J connectivity index is 1.87. The highest BCUT2D eigenvalue weighted by Gasteiger charge is 2.20. The zero-order chi connectivity index (χ0) is 12.3. The van der Waals surface area contributed by atoms with Gasteiger partial charge in [0.05, 0.1) is 0 Å². The van der Waals surface area contributed by atoms with Gasteiger partial charge in [-0.2, -0.15) is 0 Å². The Morgan fingerprint density at radius 2 is 2.35 bits per heavy atom. The lowest BCUT2D eigenvalue weighted by atomic mass is 10.2. The molecule has 1 saturated heterocycles. The zero-order valence-corrected chi connectivity index (χ0v) is 9.40. The zero-order valence-electron chi connectivity index (χ0n) is 9.40. The van der Waals surface area contributed by atoms with Gasteiger partial charge in [0, 0.05) is 30.3 Å². The number of nitrogen functional groups attached to an aromatic ring is 1. The van der Waals surface area contributed by atoms with Crippen LogP contribution in [0.5, 0.6) is 0 Å². The fourth-order valence-corrected chi connectivity index (χ4v) is 1.83. The van der Waals surface area contributed by atoms with Crippen LogP contribution in [0.4, 0.5) is 5.69 Å². The number of benzene rings is 1. The van der Waals surface area contributed by atoms with Crippen LogP contribution in [-0.2, 0) is 4.79 Å². The summed E-state index contributed by atoms with van der Waals surface area (Å²) in [7, 11) is 0. The van der Waals surface area contributed by atoms with Crippen molar-refractivity contribution >= 4 is 17.5 Å². The second kappa shape index (κ2) is 4.86. The van der Waals surface area contributed by atoms with E-state index < -0.39 is 0 Å². The van der Waals surface area contributed by atoms with Crippen LogP contribution in [0.2, 0.25) is 0 Å². The van der Waals surface area contributed by atoms with Crippen molar-refractivity contribution in [2.45, 2.75) is 18.9 Å². The van der Waals surface area contributed by atoms with E-state index in [9.17, 15) is 9.59 Å². The Hall–Kier alpha value is -2.04. The number of carbonyl (C=O) groups excluding carboxylic acids is 2. The largest absolute Gasteiger partial charge is 0.399 e. The summed E-state index contributed by atoms with van der Waals surface area (Å²) in [5.74, 6) is -0.119. The summed E-state index contributed by atoms with van der Waals surface area (Å²) in [6.45, 7) is 0.458. The Morgan fingerprint density at radius 3 is 3.00 bits per heavy atom. The van der Waals surface area contributed by atoms with Gasteiger partial charge in [-0.25, -0.2) is 0 Å². The Labute approximate surface area is 99.4 Å². The van der Waals surface area contributed by atoms with Gasteiger partial charge in [-0.1, -0.05) is 6.07 Å². The number of rotatable bonds is 3. The molecule has 17 heavy (non-hydrogen) atoms. The van der Waals surface area contributed by atoms with E-state index >= 15 is 0 Å². The molecule has 2 amide bonds. The highest BCUT2D eigenvalue weighted by atomic mass is 16.2. The molecule has 0 bridgehead atoms. The molecular weight excluding hydrogens is 218 g/mol. The van der Waals surface area contributed by atoms with Gasteiger partial charge in [0.15, 0.2) is 0 Å². The first-order valence-electron chi connectivity index (χ1n) is 5.58. The van der Waals surface area contributed by atoms with Gasteiger partial charge in [-0.3, -0.25) is 9.59 Å². The molecule has 0 aromatic heterocycles. The van der Waals surface area contributed by atoms with E-state index in [1.807, 2.05) is 0 Å². The molecule has 5 heteroatoms. The maximum absolute atomic E-state index is 11.8. The van der Waals surface area contributed by atoms with Crippen LogP contribution < -0.4 is 16.4 Å². The van der Waals surface area contributed by atoms with Crippen molar-refractivity contribution in [3.8, 4) is 0 Å². The average molecular weight is 233 g/mol. The van der Waals surface area contributed by atoms with Gasteiger partial charge in [-0.05, 0) is 24.6 Å². The fourth-order valence-electron chi connectivity index (χ4n) is 1.83. The minimum atomic E-state index is -0.168. The smallest absolute Gasteiger partial charge is 0.251 e. The Kier molecular flexibility index (Phi) is 3.27. The van der Waals surface area contributed by atoms with Crippen LogP contribution in [-0.4, -0.2) is 24.4 Å². The molecule has 1 aliphatic rings. The lowest BCUT2D eigenvalue weighted by molar-refractivity contribution is -0.119. The van der Waals surface area contributed by atoms with E-state index in [-0.39, 0.29) is 17.9 Å². The number of anilines is 1. The second-order valence-corrected chi connectivity index (χ2v) is 4.14. The minimum Gasteiger partial charge on any atom is -0.399 e. The molecule has 1 aromatic rings. The second-order valence-electron chi connectivity index (χ2n) is 4.14. The Bertz CT molecular complexity index is 445. The predicted octanol–water partition coefficient (Wildman–Crippen LogP) is 0.277. The number of carbonyl (C=O) groups is 2. The van der Waals surface area contributed by atoms with Crippen molar-refractivity contribution < 1.29 is 9.59 Å². The normalized spacial score (nSPS) is 18.8. The summed E-state index contributed by atoms with van der Waals surface area (Å²) in [6.07, 6.45) is 1.31. The van der Waals surface area contributed by atoms with Crippen LogP contribution in [0.3, 0.4) is 0 Å². The van der Waals surface area contributed by atoms with Crippen molar-refractivity contribution in [3.05, 3.63) is 29.8 Å². The van der Waals surface area contributed by atoms with Crippen molar-refractivity contribution in [2.24, 2.45) is 0 Å². The van der Waals surface area contributed by atoms with Gasteiger partial charge in [0.1, 0.15) is 0 Å². The lowest BCUT2D eigenvalue weighted by Gasteiger charge is -2.11. The highest BCUT2D eigenvalue weighted by Crippen LogP contribution is 2.08. The van der Waals surface area contributed by atoms with E-state index in [1.165, 1.54) is 0 Å². The quantitative estimate of drug-likeness (QED) is 0.655. The molecule has 1 fully saturated rings. The molecule has 4 N–H and O–H groups in total. The molecule has 0 radical (unpaired) electrons. The van der Waals surface area contributed by atoms with E-state index in [0.717, 1.165) is 6.42 Å². The van der Waals surface area contributed by atoms with E-state index in [0.29, 0.717) is 24.2 Å². The lowest BCUT2D eigenvalue weighted by Crippen LogP contribution is -2.38. The summed E-state index contributed by atoms with van der Waals surface area (Å²) < 4.78 is 0. The first-order valence-corrected chi connectivity index (χ1v) is 5.58. The molecule has 0 spiro atoms. The number of hydrogen-bond donors (Lipinski definition) is 3. The van der Waals surface area contributed by atoms with Gasteiger partial charge in [0.2, 0.25) is 5.91 Å². The molecule has 0 aliphatic carbocycles. The highest BCUT2D eigenvalue weighted by molar-refractivity contribution is 5.95. The van der Waals surface area contributed by atoms with E-state index in [4.69, 9.17) is 5.73 Å². The molecule has 1 heterocycles. The molecule has 1 aromatic carbocycles. The van der Waals surface area contributed by atoms with Crippen molar-refractivity contribution in [1.29, 1.82) is 0 Å². The molecule has 5 nitrogen and oxygen atoms in total. The maximum Gasteiger partial charge on any atom is 0.251 e. The number of nitrogens with two attached hydrogens (primary N) is 1. The third-order valence-electron chi connectivity index (χ3n) is 2.74. The van der Waals surface area contributed by atoms with Crippen molar-refractivity contribution in [3.63, 3.8) is 0 Å². The monoisotopic (exact) mass is 233 g/mol. The number of nitrogens with one attached hydrogen (secondary N) is 2. The fraction of sp³-hybridized carbons (Fsp3) is 0.333. The van der Waals surface area contributed by atoms with Gasteiger partial charge < -0.3 is 16.4 Å². The topological polar surface area (TPSA) is 84.2 Å². The first kappa shape index (κ1) is 11.4. The summed E-state index contributed by atoms with van der Waals surface area (Å²) in [5, 5.41) is 5.57. The summed E-state index contributed by atoms with van der Waals surface area (Å²) in [5.41, 5.74) is 6.69. The standard InChI is InChI=1S/C12H15N3O2/c13-9-3-1-2-8(6-9)12(17)14-7-10-4-5-11(16)15-10/h1-3,6,10H,4-5,7,13H2,(H,14,17)(H,15,16). The number of hydrogen-bond acceptors (Lipinski definition) is 3. The minimum absolute atomic E-state index is 0.0486. The molecule has 1 atom stereocenters. The van der Waals surface area contributed by atoms with E-state index in [2.05, 4.69) is 10.6 Å². The van der Waals surface area contributed by atoms with Crippen LogP contribution in [0.1, 0.15) is 23.2 Å². The maximum atomic E-state index is 11.8. The van der Waals surface area contributed by atoms with Crippen molar-refractivity contribution in [2.75, 3.05) is 12.3 Å². The van der Waals surface area contributed by atoms with E-state index in [1.54, 1.807) is 24.3 Å². The van der Waals surface area contributed by atoms with Crippen LogP contribution >= 0.6 is 0 Å². The summed E-state index contributed by atoms with van der Waals surface area (Å²) >= 11 is 0. The number of amides is 2. The van der Waals surface area contributed by atoms with Crippen molar-refractivity contribution in [1.82, 2.24) is 10.6 Å². The van der Waals surface area contributed by atoms with Crippen LogP contribution in [0.15, 0.2) is 24.3 Å². The molecular formula is C12H15N3O2. The van der Waals surface area contributed by atoms with Gasteiger partial charge in [0.25, 0.3) is 5.91 Å². The van der Waals surface area contributed by atoms with Crippen LogP contribution in [0, 0.1) is 0 Å². The Morgan fingerprint density at radius 1 is 1.53 bits per heavy atom. The van der Waals surface area contributed by atoms with Gasteiger partial charge in [-0.15, -0.1) is 0 Å². The van der Waals surface area contributed by atoms with Gasteiger partial charge >= 0.3 is 0 Å². The SMILES string of the molecule is Nc1cccc(C(=O)NCC2CCC(=O)N2)c1. The summed E-state index contributed by atoms with van der Waals surface area (Å²) in [4.78, 5) is 22.7. The molecule has 2 rings (SSSR count). The molecule has 1 unspecified atom stereocenters.